The van der Waals surface area contributed by atoms with Gasteiger partial charge in [-0.3, -0.25) is 4.90 Å². The Bertz CT molecular complexity index is 583. The van der Waals surface area contributed by atoms with Gasteiger partial charge in [0.1, 0.15) is 18.4 Å². The summed E-state index contributed by atoms with van der Waals surface area (Å²) in [6.07, 6.45) is 0.390. The molecule has 0 heterocycles. The third-order valence-corrected chi connectivity index (χ3v) is 3.86. The Morgan fingerprint density at radius 3 is 2.31 bits per heavy atom. The van der Waals surface area contributed by atoms with Gasteiger partial charge in [0.05, 0.1) is 6.61 Å². The van der Waals surface area contributed by atoms with Crippen molar-refractivity contribution in [1.29, 1.82) is 0 Å². The second-order valence-corrected chi connectivity index (χ2v) is 7.80. The van der Waals surface area contributed by atoms with E-state index < -0.39 is 23.7 Å². The normalized spacial score (nSPS) is 12.4. The third-order valence-electron chi connectivity index (χ3n) is 3.34. The summed E-state index contributed by atoms with van der Waals surface area (Å²) >= 11 is 3.39. The minimum absolute atomic E-state index is 0.0721. The smallest absolute Gasteiger partial charge is 0.412 e. The Kier molecular flexibility index (Phi) is 9.08. The zero-order chi connectivity index (χ0) is 19.7. The van der Waals surface area contributed by atoms with Crippen molar-refractivity contribution in [3.05, 3.63) is 34.3 Å². The number of carbonyl (C=O) groups excluding carboxylic acids is 2. The van der Waals surface area contributed by atoms with E-state index in [0.29, 0.717) is 19.4 Å². The number of ether oxygens (including phenoxy) is 3. The summed E-state index contributed by atoms with van der Waals surface area (Å²) in [5, 5.41) is 0. The predicted octanol–water partition coefficient (Wildman–Crippen LogP) is 4.15. The molecule has 1 aromatic rings. The highest BCUT2D eigenvalue weighted by Crippen LogP contribution is 2.18. The Morgan fingerprint density at radius 2 is 1.81 bits per heavy atom. The lowest BCUT2D eigenvalue weighted by molar-refractivity contribution is -0.151. The standard InChI is InChI=1S/C19H28BrNO5/c1-6-11-25-17(22)16(12-14-7-9-15(20)10-8-14)21(13-24-5)18(23)26-19(2,3)4/h7-10,16H,6,11-13H2,1-5H3/t16-/m0/s1. The second kappa shape index (κ2) is 10.5. The number of esters is 1. The maximum atomic E-state index is 12.6. The minimum atomic E-state index is -0.836. The minimum Gasteiger partial charge on any atom is -0.464 e. The Balaban J connectivity index is 3.09. The van der Waals surface area contributed by atoms with Crippen LogP contribution in [0.1, 0.15) is 39.7 Å². The van der Waals surface area contributed by atoms with E-state index in [1.165, 1.54) is 12.0 Å². The highest BCUT2D eigenvalue weighted by molar-refractivity contribution is 9.10. The summed E-state index contributed by atoms with van der Waals surface area (Å²) < 4.78 is 16.8. The van der Waals surface area contributed by atoms with Gasteiger partial charge in [-0.25, -0.2) is 9.59 Å². The SMILES string of the molecule is CCCOC(=O)[C@H](Cc1ccc(Br)cc1)N(COC)C(=O)OC(C)(C)C. The molecule has 0 unspecified atom stereocenters. The molecule has 0 spiro atoms. The van der Waals surface area contributed by atoms with Crippen LogP contribution in [-0.4, -0.2) is 49.1 Å². The van der Waals surface area contributed by atoms with Crippen molar-refractivity contribution in [2.75, 3.05) is 20.4 Å². The number of carbonyl (C=O) groups is 2. The lowest BCUT2D eigenvalue weighted by atomic mass is 10.1. The van der Waals surface area contributed by atoms with Crippen LogP contribution in [-0.2, 0) is 25.4 Å². The van der Waals surface area contributed by atoms with Gasteiger partial charge in [0.15, 0.2) is 0 Å². The predicted molar refractivity (Wildman–Crippen MR) is 103 cm³/mol. The van der Waals surface area contributed by atoms with Crippen LogP contribution >= 0.6 is 15.9 Å². The topological polar surface area (TPSA) is 65.1 Å². The zero-order valence-corrected chi connectivity index (χ0v) is 17.7. The molecule has 1 amide bonds. The van der Waals surface area contributed by atoms with Crippen molar-refractivity contribution >= 4 is 28.0 Å². The molecule has 1 aromatic carbocycles. The number of methoxy groups -OCH3 is 1. The Labute approximate surface area is 163 Å². The van der Waals surface area contributed by atoms with E-state index in [9.17, 15) is 9.59 Å². The summed E-state index contributed by atoms with van der Waals surface area (Å²) in [5.74, 6) is -0.474. The Hall–Kier alpha value is -1.60. The van der Waals surface area contributed by atoms with Crippen LogP contribution in [0.3, 0.4) is 0 Å². The van der Waals surface area contributed by atoms with Gasteiger partial charge in [-0.05, 0) is 44.9 Å². The molecule has 0 saturated carbocycles. The van der Waals surface area contributed by atoms with Gasteiger partial charge in [-0.2, -0.15) is 0 Å². The molecule has 26 heavy (non-hydrogen) atoms. The van der Waals surface area contributed by atoms with Gasteiger partial charge >= 0.3 is 12.1 Å². The first-order valence-electron chi connectivity index (χ1n) is 8.57. The summed E-state index contributed by atoms with van der Waals surface area (Å²) in [4.78, 5) is 26.5. The van der Waals surface area contributed by atoms with Crippen molar-refractivity contribution in [3.63, 3.8) is 0 Å². The largest absolute Gasteiger partial charge is 0.464 e. The van der Waals surface area contributed by atoms with E-state index >= 15 is 0 Å². The molecular weight excluding hydrogens is 402 g/mol. The van der Waals surface area contributed by atoms with Gasteiger partial charge in [0.25, 0.3) is 0 Å². The number of rotatable bonds is 8. The molecule has 7 heteroatoms. The van der Waals surface area contributed by atoms with Crippen molar-refractivity contribution in [2.24, 2.45) is 0 Å². The fraction of sp³-hybridized carbons (Fsp3) is 0.579. The highest BCUT2D eigenvalue weighted by atomic mass is 79.9. The molecule has 1 rings (SSSR count). The zero-order valence-electron chi connectivity index (χ0n) is 16.1. The summed E-state index contributed by atoms with van der Waals surface area (Å²) in [7, 11) is 1.46. The number of nitrogens with zero attached hydrogens (tertiary/aromatic N) is 1. The summed E-state index contributed by atoms with van der Waals surface area (Å²) in [6.45, 7) is 7.46. The van der Waals surface area contributed by atoms with Crippen molar-refractivity contribution in [3.8, 4) is 0 Å². The number of hydrogen-bond acceptors (Lipinski definition) is 5. The molecule has 0 saturated heterocycles. The number of benzene rings is 1. The van der Waals surface area contributed by atoms with Crippen LogP contribution in [0, 0.1) is 0 Å². The number of halogens is 1. The van der Waals surface area contributed by atoms with Crippen molar-refractivity contribution < 1.29 is 23.8 Å². The van der Waals surface area contributed by atoms with Crippen LogP contribution in [0.25, 0.3) is 0 Å². The molecule has 0 N–H and O–H groups in total. The Morgan fingerprint density at radius 1 is 1.19 bits per heavy atom. The van der Waals surface area contributed by atoms with Crippen LogP contribution in [0.4, 0.5) is 4.79 Å². The molecule has 6 nitrogen and oxygen atoms in total. The third kappa shape index (κ3) is 7.74. The maximum Gasteiger partial charge on any atom is 0.412 e. The van der Waals surface area contributed by atoms with E-state index in [-0.39, 0.29) is 6.73 Å². The maximum absolute atomic E-state index is 12.6. The number of amides is 1. The van der Waals surface area contributed by atoms with Crippen LogP contribution < -0.4 is 0 Å². The van der Waals surface area contributed by atoms with E-state index in [1.54, 1.807) is 20.8 Å². The summed E-state index contributed by atoms with van der Waals surface area (Å²) in [6, 6.07) is 6.72. The van der Waals surface area contributed by atoms with Gasteiger partial charge in [-0.15, -0.1) is 0 Å². The summed E-state index contributed by atoms with van der Waals surface area (Å²) in [5.41, 5.74) is 0.217. The van der Waals surface area contributed by atoms with Gasteiger partial charge in [-0.1, -0.05) is 35.0 Å². The lowest BCUT2D eigenvalue weighted by Gasteiger charge is -2.31. The monoisotopic (exact) mass is 429 g/mol. The van der Waals surface area contributed by atoms with Gasteiger partial charge in [0.2, 0.25) is 0 Å². The van der Waals surface area contributed by atoms with Gasteiger partial charge in [0, 0.05) is 18.0 Å². The van der Waals surface area contributed by atoms with E-state index in [2.05, 4.69) is 15.9 Å². The van der Waals surface area contributed by atoms with Crippen LogP contribution in [0.2, 0.25) is 0 Å². The highest BCUT2D eigenvalue weighted by Gasteiger charge is 2.34. The number of hydrogen-bond donors (Lipinski definition) is 0. The molecule has 0 aliphatic carbocycles. The average Bonchev–Trinajstić information content (AvgIpc) is 2.56. The second-order valence-electron chi connectivity index (χ2n) is 6.88. The molecule has 0 bridgehead atoms. The van der Waals surface area contributed by atoms with Crippen molar-refractivity contribution in [2.45, 2.75) is 52.2 Å². The van der Waals surface area contributed by atoms with Crippen LogP contribution in [0.15, 0.2) is 28.7 Å². The average molecular weight is 430 g/mol. The molecule has 1 atom stereocenters. The van der Waals surface area contributed by atoms with Gasteiger partial charge < -0.3 is 14.2 Å². The van der Waals surface area contributed by atoms with E-state index in [4.69, 9.17) is 14.2 Å². The molecule has 0 aliphatic heterocycles. The first-order valence-corrected chi connectivity index (χ1v) is 9.37. The first-order chi connectivity index (χ1) is 12.2. The molecule has 146 valence electrons. The quantitative estimate of drug-likeness (QED) is 0.458. The van der Waals surface area contributed by atoms with E-state index in [1.807, 2.05) is 31.2 Å². The fourth-order valence-corrected chi connectivity index (χ4v) is 2.46. The molecule has 0 aliphatic rings. The molecule has 0 fully saturated rings. The first kappa shape index (κ1) is 22.4. The molecule has 0 aromatic heterocycles. The van der Waals surface area contributed by atoms with Crippen molar-refractivity contribution in [1.82, 2.24) is 4.90 Å². The molecule has 0 radical (unpaired) electrons. The fourth-order valence-electron chi connectivity index (χ4n) is 2.19. The molecular formula is C19H28BrNO5. The van der Waals surface area contributed by atoms with Crippen LogP contribution in [0.5, 0.6) is 0 Å². The van der Waals surface area contributed by atoms with E-state index in [0.717, 1.165) is 10.0 Å². The lowest BCUT2D eigenvalue weighted by Crippen LogP contribution is -2.49.